The van der Waals surface area contributed by atoms with Crippen LogP contribution in [0.5, 0.6) is 0 Å². The normalized spacial score (nSPS) is 15.0. The maximum absolute atomic E-state index is 12.7. The largest absolute Gasteiger partial charge is 0.356 e. The van der Waals surface area contributed by atoms with Gasteiger partial charge in [0, 0.05) is 38.2 Å². The van der Waals surface area contributed by atoms with Crippen LogP contribution < -0.4 is 10.9 Å². The second-order valence-electron chi connectivity index (χ2n) is 7.20. The molecular weight excluding hydrogens is 344 g/mol. The number of carbonyl (C=O) groups is 2. The van der Waals surface area contributed by atoms with E-state index in [-0.39, 0.29) is 23.3 Å². The molecule has 0 unspecified atom stereocenters. The van der Waals surface area contributed by atoms with Crippen LogP contribution >= 0.6 is 0 Å². The first-order valence-electron chi connectivity index (χ1n) is 10.2. The van der Waals surface area contributed by atoms with Gasteiger partial charge in [0.25, 0.3) is 11.5 Å². The van der Waals surface area contributed by atoms with E-state index in [1.807, 2.05) is 6.92 Å². The Kier molecular flexibility index (Phi) is 8.48. The van der Waals surface area contributed by atoms with Gasteiger partial charge in [-0.3, -0.25) is 14.4 Å². The second-order valence-corrected chi connectivity index (χ2v) is 7.20. The molecule has 2 heterocycles. The number of unbranched alkanes of at least 4 members (excludes halogenated alkanes) is 3. The molecule has 1 aromatic heterocycles. The predicted molar refractivity (Wildman–Crippen MR) is 105 cm³/mol. The molecule has 1 fully saturated rings. The third kappa shape index (κ3) is 6.19. The number of piperidine rings is 1. The monoisotopic (exact) mass is 376 g/mol. The summed E-state index contributed by atoms with van der Waals surface area (Å²) in [4.78, 5) is 38.5. The van der Waals surface area contributed by atoms with E-state index in [1.165, 1.54) is 16.8 Å². The molecule has 1 saturated heterocycles. The Bertz CT molecular complexity index is 678. The van der Waals surface area contributed by atoms with E-state index in [2.05, 4.69) is 17.3 Å². The summed E-state index contributed by atoms with van der Waals surface area (Å²) in [6.07, 6.45) is 6.42. The summed E-state index contributed by atoms with van der Waals surface area (Å²) in [7, 11) is 0. The number of hydrogen-bond donors (Lipinski definition) is 1. The van der Waals surface area contributed by atoms with Gasteiger partial charge in [-0.1, -0.05) is 33.1 Å². The molecule has 0 aromatic carbocycles. The molecule has 1 N–H and O–H groups in total. The molecule has 1 aromatic rings. The minimum Gasteiger partial charge on any atom is -0.356 e. The van der Waals surface area contributed by atoms with Crippen LogP contribution in [0.1, 0.15) is 69.3 Å². The van der Waals surface area contributed by atoms with Crippen molar-refractivity contribution in [3.63, 3.8) is 0 Å². The number of rotatable bonds is 9. The zero-order chi connectivity index (χ0) is 19.6. The fourth-order valence-electron chi connectivity index (χ4n) is 3.27. The summed E-state index contributed by atoms with van der Waals surface area (Å²) in [5.41, 5.74) is 0.117. The first-order valence-corrected chi connectivity index (χ1v) is 10.2. The fraction of sp³-hybridized carbons (Fsp3) is 0.700. The Morgan fingerprint density at radius 3 is 2.48 bits per heavy atom. The Labute approximate surface area is 161 Å². The van der Waals surface area contributed by atoms with E-state index >= 15 is 0 Å². The lowest BCUT2D eigenvalue weighted by Gasteiger charge is -2.31. The van der Waals surface area contributed by atoms with Crippen molar-refractivity contribution < 1.29 is 9.59 Å². The zero-order valence-electron chi connectivity index (χ0n) is 16.6. The van der Waals surface area contributed by atoms with Gasteiger partial charge in [-0.2, -0.15) is 5.10 Å². The Balaban J connectivity index is 1.87. The highest BCUT2D eigenvalue weighted by Gasteiger charge is 2.28. The number of likely N-dealkylation sites (tertiary alicyclic amines) is 1. The van der Waals surface area contributed by atoms with E-state index in [4.69, 9.17) is 0 Å². The van der Waals surface area contributed by atoms with Gasteiger partial charge in [0.05, 0.1) is 0 Å². The number of aromatic nitrogens is 2. The van der Waals surface area contributed by atoms with Gasteiger partial charge in [-0.25, -0.2) is 4.68 Å². The first kappa shape index (κ1) is 21.1. The van der Waals surface area contributed by atoms with Crippen LogP contribution in [-0.2, 0) is 11.3 Å². The summed E-state index contributed by atoms with van der Waals surface area (Å²) in [6, 6.07) is 2.91. The molecule has 0 radical (unpaired) electrons. The highest BCUT2D eigenvalue weighted by molar-refractivity contribution is 5.92. The molecule has 1 aliphatic heterocycles. The summed E-state index contributed by atoms with van der Waals surface area (Å²) in [5, 5.41) is 7.23. The van der Waals surface area contributed by atoms with Crippen LogP contribution in [-0.4, -0.2) is 46.1 Å². The van der Waals surface area contributed by atoms with Gasteiger partial charge in [-0.05, 0) is 31.7 Å². The third-order valence-electron chi connectivity index (χ3n) is 5.04. The average molecular weight is 377 g/mol. The highest BCUT2D eigenvalue weighted by Crippen LogP contribution is 2.18. The number of nitrogens with one attached hydrogen (secondary N) is 1. The smallest absolute Gasteiger partial charge is 0.274 e. The van der Waals surface area contributed by atoms with Gasteiger partial charge in [0.2, 0.25) is 5.91 Å². The van der Waals surface area contributed by atoms with Gasteiger partial charge in [0.15, 0.2) is 0 Å². The van der Waals surface area contributed by atoms with Crippen molar-refractivity contribution >= 4 is 11.8 Å². The lowest BCUT2D eigenvalue weighted by atomic mass is 9.95. The van der Waals surface area contributed by atoms with Crippen molar-refractivity contribution in [3.8, 4) is 0 Å². The molecule has 0 atom stereocenters. The minimum absolute atomic E-state index is 0.0258. The van der Waals surface area contributed by atoms with E-state index in [9.17, 15) is 14.4 Å². The molecule has 0 spiro atoms. The maximum Gasteiger partial charge on any atom is 0.274 e. The lowest BCUT2D eigenvalue weighted by molar-refractivity contribution is -0.126. The van der Waals surface area contributed by atoms with Crippen LogP contribution in [0.25, 0.3) is 0 Å². The van der Waals surface area contributed by atoms with Crippen molar-refractivity contribution in [1.82, 2.24) is 20.0 Å². The molecule has 7 heteroatoms. The average Bonchev–Trinajstić information content (AvgIpc) is 2.70. The van der Waals surface area contributed by atoms with E-state index < -0.39 is 0 Å². The second kappa shape index (κ2) is 10.8. The Morgan fingerprint density at radius 2 is 1.81 bits per heavy atom. The molecular formula is C20H32N4O3. The zero-order valence-corrected chi connectivity index (χ0v) is 16.6. The van der Waals surface area contributed by atoms with Crippen LogP contribution in [0.4, 0.5) is 0 Å². The Morgan fingerprint density at radius 1 is 1.11 bits per heavy atom. The molecule has 2 rings (SSSR count). The van der Waals surface area contributed by atoms with Gasteiger partial charge < -0.3 is 10.2 Å². The van der Waals surface area contributed by atoms with Crippen LogP contribution in [0, 0.1) is 5.92 Å². The van der Waals surface area contributed by atoms with Crippen LogP contribution in [0.15, 0.2) is 16.9 Å². The predicted octanol–water partition coefficient (Wildman–Crippen LogP) is 2.20. The van der Waals surface area contributed by atoms with Gasteiger partial charge >= 0.3 is 0 Å². The first-order chi connectivity index (χ1) is 13.1. The van der Waals surface area contributed by atoms with Crippen LogP contribution in [0.3, 0.4) is 0 Å². The maximum atomic E-state index is 12.7. The van der Waals surface area contributed by atoms with Crippen molar-refractivity contribution in [2.75, 3.05) is 19.6 Å². The number of nitrogens with zero attached hydrogens (tertiary/aromatic N) is 3. The van der Waals surface area contributed by atoms with Crippen molar-refractivity contribution in [3.05, 3.63) is 28.2 Å². The van der Waals surface area contributed by atoms with E-state index in [1.54, 1.807) is 4.90 Å². The minimum atomic E-state index is -0.182. The molecule has 0 aliphatic carbocycles. The van der Waals surface area contributed by atoms with E-state index in [0.717, 1.165) is 38.6 Å². The Hall–Kier alpha value is -2.18. The van der Waals surface area contributed by atoms with Crippen molar-refractivity contribution in [1.29, 1.82) is 0 Å². The van der Waals surface area contributed by atoms with Crippen LogP contribution in [0.2, 0.25) is 0 Å². The summed E-state index contributed by atoms with van der Waals surface area (Å²) < 4.78 is 1.37. The van der Waals surface area contributed by atoms with Gasteiger partial charge in [-0.15, -0.1) is 0 Å². The molecule has 0 saturated carbocycles. The van der Waals surface area contributed by atoms with Gasteiger partial charge in [0.1, 0.15) is 5.69 Å². The van der Waals surface area contributed by atoms with E-state index in [0.29, 0.717) is 38.2 Å². The van der Waals surface area contributed by atoms with Crippen molar-refractivity contribution in [2.24, 2.45) is 5.92 Å². The summed E-state index contributed by atoms with van der Waals surface area (Å²) in [6.45, 7) is 6.53. The SMILES string of the molecule is CCCCCNC(=O)C1CCN(C(=O)c2ccc(=O)n(CCCC)n2)CC1. The fourth-order valence-corrected chi connectivity index (χ4v) is 3.27. The number of aryl methyl sites for hydroxylation is 1. The lowest BCUT2D eigenvalue weighted by Crippen LogP contribution is -2.43. The number of hydrogen-bond acceptors (Lipinski definition) is 4. The molecule has 27 heavy (non-hydrogen) atoms. The summed E-state index contributed by atoms with van der Waals surface area (Å²) in [5.74, 6) is -0.0892. The number of carbonyl (C=O) groups excluding carboxylic acids is 2. The van der Waals surface area contributed by atoms with Crippen molar-refractivity contribution in [2.45, 2.75) is 65.3 Å². The molecule has 150 valence electrons. The molecule has 2 amide bonds. The molecule has 7 nitrogen and oxygen atoms in total. The topological polar surface area (TPSA) is 84.3 Å². The molecule has 0 bridgehead atoms. The quantitative estimate of drug-likeness (QED) is 0.670. The number of amides is 2. The summed E-state index contributed by atoms with van der Waals surface area (Å²) >= 11 is 0. The molecule has 1 aliphatic rings. The highest BCUT2D eigenvalue weighted by atomic mass is 16.2. The standard InChI is InChI=1S/C20H32N4O3/c1-3-5-7-12-21-19(26)16-10-14-23(15-11-16)20(27)17-8-9-18(25)24(22-17)13-6-4-2/h8-9,16H,3-7,10-15H2,1-2H3,(H,21,26). The third-order valence-corrected chi connectivity index (χ3v) is 5.04.